The lowest BCUT2D eigenvalue weighted by molar-refractivity contribution is 0.0951. The van der Waals surface area contributed by atoms with Crippen molar-refractivity contribution in [3.8, 4) is 17.3 Å². The molecule has 0 spiro atoms. The molecule has 1 amide bonds. The van der Waals surface area contributed by atoms with Crippen LogP contribution < -0.4 is 5.32 Å². The molecule has 33 heavy (non-hydrogen) atoms. The third kappa shape index (κ3) is 4.33. The van der Waals surface area contributed by atoms with Crippen LogP contribution in [-0.2, 0) is 13.0 Å². The first-order valence-electron chi connectivity index (χ1n) is 11.1. The summed E-state index contributed by atoms with van der Waals surface area (Å²) in [5, 5.41) is 13.2. The Balaban J connectivity index is 1.56. The minimum absolute atomic E-state index is 0.0522. The Hall–Kier alpha value is -4.04. The largest absolute Gasteiger partial charge is 0.348 e. The number of carbonyl (C=O) groups is 1. The molecule has 3 aromatic carbocycles. The summed E-state index contributed by atoms with van der Waals surface area (Å²) in [6.07, 6.45) is 2.21. The lowest BCUT2D eigenvalue weighted by Gasteiger charge is -2.16. The number of nitriles is 1. The van der Waals surface area contributed by atoms with Gasteiger partial charge in [-0.25, -0.2) is 9.37 Å². The molecule has 1 aliphatic rings. The Morgan fingerprint density at radius 3 is 2.58 bits per heavy atom. The fraction of sp³-hybridized carbons (Fsp3) is 0.179. The summed E-state index contributed by atoms with van der Waals surface area (Å²) in [7, 11) is 0. The second-order valence-corrected chi connectivity index (χ2v) is 8.38. The third-order valence-electron chi connectivity index (χ3n) is 6.01. The summed E-state index contributed by atoms with van der Waals surface area (Å²) in [5.74, 6) is -0.155. The van der Waals surface area contributed by atoms with Crippen molar-refractivity contribution in [3.05, 3.63) is 101 Å². The molecule has 5 heteroatoms. The number of benzene rings is 3. The molecule has 4 nitrogen and oxygen atoms in total. The van der Waals surface area contributed by atoms with Crippen molar-refractivity contribution in [2.24, 2.45) is 0 Å². The number of hydrogen-bond acceptors (Lipinski definition) is 3. The fourth-order valence-electron chi connectivity index (χ4n) is 4.30. The van der Waals surface area contributed by atoms with E-state index in [0.717, 1.165) is 29.5 Å². The Labute approximate surface area is 191 Å². The number of nitrogens with zero attached hydrogens (tertiary/aromatic N) is 2. The van der Waals surface area contributed by atoms with Crippen molar-refractivity contribution in [1.29, 1.82) is 5.26 Å². The predicted octanol–water partition coefficient (Wildman–Crippen LogP) is 5.91. The Kier molecular flexibility index (Phi) is 5.58. The van der Waals surface area contributed by atoms with Gasteiger partial charge >= 0.3 is 0 Å². The quantitative estimate of drug-likeness (QED) is 0.409. The van der Waals surface area contributed by atoms with Gasteiger partial charge in [-0.3, -0.25) is 4.79 Å². The van der Waals surface area contributed by atoms with Gasteiger partial charge in [-0.15, -0.1) is 0 Å². The van der Waals surface area contributed by atoms with Crippen LogP contribution >= 0.6 is 0 Å². The molecule has 0 aliphatic heterocycles. The van der Waals surface area contributed by atoms with Crippen molar-refractivity contribution in [2.75, 3.05) is 0 Å². The van der Waals surface area contributed by atoms with Gasteiger partial charge in [0.05, 0.1) is 29.3 Å². The highest BCUT2D eigenvalue weighted by atomic mass is 19.1. The van der Waals surface area contributed by atoms with E-state index < -0.39 is 0 Å². The molecule has 0 unspecified atom stereocenters. The van der Waals surface area contributed by atoms with Crippen molar-refractivity contribution >= 4 is 16.8 Å². The molecule has 1 aliphatic carbocycles. The maximum atomic E-state index is 14.1. The van der Waals surface area contributed by atoms with Gasteiger partial charge in [0.15, 0.2) is 0 Å². The molecule has 0 bridgehead atoms. The van der Waals surface area contributed by atoms with E-state index in [-0.39, 0.29) is 24.7 Å². The molecule has 0 atom stereocenters. The van der Waals surface area contributed by atoms with Crippen molar-refractivity contribution in [2.45, 2.75) is 31.7 Å². The number of aromatic nitrogens is 1. The van der Waals surface area contributed by atoms with E-state index in [1.54, 1.807) is 6.07 Å². The van der Waals surface area contributed by atoms with Crippen LogP contribution in [0.15, 0.2) is 72.8 Å². The summed E-state index contributed by atoms with van der Waals surface area (Å²) in [6, 6.07) is 24.2. The lowest BCUT2D eigenvalue weighted by atomic mass is 9.94. The normalized spacial score (nSPS) is 13.0. The van der Waals surface area contributed by atoms with E-state index >= 15 is 0 Å². The number of hydrogen-bond donors (Lipinski definition) is 1. The van der Waals surface area contributed by atoms with Crippen LogP contribution in [0.1, 0.15) is 45.8 Å². The first-order chi connectivity index (χ1) is 16.1. The van der Waals surface area contributed by atoms with Gasteiger partial charge in [0.2, 0.25) is 0 Å². The zero-order valence-corrected chi connectivity index (χ0v) is 18.0. The Morgan fingerprint density at radius 2 is 1.82 bits per heavy atom. The van der Waals surface area contributed by atoms with Crippen LogP contribution in [0.25, 0.3) is 22.2 Å². The summed E-state index contributed by atoms with van der Waals surface area (Å²) in [5.41, 5.74) is 4.92. The third-order valence-corrected chi connectivity index (χ3v) is 6.01. The summed E-state index contributed by atoms with van der Waals surface area (Å²) >= 11 is 0. The van der Waals surface area contributed by atoms with Gasteiger partial charge in [0, 0.05) is 23.1 Å². The molecule has 1 aromatic heterocycles. The van der Waals surface area contributed by atoms with Crippen LogP contribution in [0, 0.1) is 17.1 Å². The van der Waals surface area contributed by atoms with Crippen LogP contribution in [0.5, 0.6) is 0 Å². The fourth-order valence-corrected chi connectivity index (χ4v) is 4.30. The van der Waals surface area contributed by atoms with E-state index in [1.165, 1.54) is 6.07 Å². The highest BCUT2D eigenvalue weighted by molar-refractivity contribution is 6.09. The number of rotatable bonds is 6. The van der Waals surface area contributed by atoms with E-state index in [4.69, 9.17) is 4.98 Å². The summed E-state index contributed by atoms with van der Waals surface area (Å²) in [4.78, 5) is 18.3. The molecular formula is C28H22FN3O. The maximum Gasteiger partial charge on any atom is 0.252 e. The topological polar surface area (TPSA) is 65.8 Å². The zero-order chi connectivity index (χ0) is 22.8. The van der Waals surface area contributed by atoms with Crippen molar-refractivity contribution in [3.63, 3.8) is 0 Å². The molecule has 162 valence electrons. The number of fused-ring (bicyclic) bond motifs is 1. The minimum Gasteiger partial charge on any atom is -0.348 e. The second kappa shape index (κ2) is 8.84. The summed E-state index contributed by atoms with van der Waals surface area (Å²) < 4.78 is 14.1. The Bertz CT molecular complexity index is 1390. The van der Waals surface area contributed by atoms with Crippen molar-refractivity contribution in [1.82, 2.24) is 10.3 Å². The van der Waals surface area contributed by atoms with Crippen LogP contribution in [-0.4, -0.2) is 10.9 Å². The van der Waals surface area contributed by atoms with E-state index in [0.29, 0.717) is 33.6 Å². The number of para-hydroxylation sites is 1. The van der Waals surface area contributed by atoms with Crippen molar-refractivity contribution < 1.29 is 9.18 Å². The smallest absolute Gasteiger partial charge is 0.252 e. The zero-order valence-electron chi connectivity index (χ0n) is 18.0. The molecule has 5 rings (SSSR count). The molecule has 0 saturated heterocycles. The van der Waals surface area contributed by atoms with Crippen LogP contribution in [0.2, 0.25) is 0 Å². The lowest BCUT2D eigenvalue weighted by Crippen LogP contribution is -2.25. The molecule has 0 radical (unpaired) electrons. The van der Waals surface area contributed by atoms with E-state index in [1.807, 2.05) is 60.7 Å². The van der Waals surface area contributed by atoms with Crippen LogP contribution in [0.4, 0.5) is 4.39 Å². The van der Waals surface area contributed by atoms with E-state index in [2.05, 4.69) is 11.4 Å². The average Bonchev–Trinajstić information content (AvgIpc) is 3.68. The Morgan fingerprint density at radius 1 is 1.06 bits per heavy atom. The van der Waals surface area contributed by atoms with Gasteiger partial charge in [-0.2, -0.15) is 5.26 Å². The highest BCUT2D eigenvalue weighted by Crippen LogP contribution is 2.40. The molecule has 1 heterocycles. The van der Waals surface area contributed by atoms with Gasteiger partial charge < -0.3 is 5.32 Å². The number of amides is 1. The van der Waals surface area contributed by atoms with Gasteiger partial charge in [0.1, 0.15) is 5.82 Å². The minimum atomic E-state index is -0.298. The number of pyridine rings is 1. The highest BCUT2D eigenvalue weighted by Gasteiger charge is 2.25. The number of carbonyl (C=O) groups excluding carboxylic acids is 1. The maximum absolute atomic E-state index is 14.1. The standard InChI is InChI=1S/C28H22FN3O/c29-22-15-18(14-21(16-22)19-10-11-19)17-31-28(33)26-23-8-4-5-9-25(23)32-27(24(26)12-13-30)20-6-2-1-3-7-20/h1-9,14-16,19H,10-12,17H2,(H,31,33). The average molecular weight is 436 g/mol. The predicted molar refractivity (Wildman–Crippen MR) is 126 cm³/mol. The molecule has 1 fully saturated rings. The van der Waals surface area contributed by atoms with Crippen LogP contribution in [0.3, 0.4) is 0 Å². The molecule has 1 N–H and O–H groups in total. The SMILES string of the molecule is N#CCc1c(-c2ccccc2)nc2ccccc2c1C(=O)NCc1cc(F)cc(C2CC2)c1. The second-order valence-electron chi connectivity index (χ2n) is 8.38. The van der Waals surface area contributed by atoms with Gasteiger partial charge in [-0.1, -0.05) is 54.6 Å². The van der Waals surface area contributed by atoms with Gasteiger partial charge in [-0.05, 0) is 48.1 Å². The molecule has 1 saturated carbocycles. The molecule has 4 aromatic rings. The number of halogens is 1. The summed E-state index contributed by atoms with van der Waals surface area (Å²) in [6.45, 7) is 0.208. The van der Waals surface area contributed by atoms with E-state index in [9.17, 15) is 14.4 Å². The number of nitrogens with one attached hydrogen (secondary N) is 1. The molecular weight excluding hydrogens is 413 g/mol. The monoisotopic (exact) mass is 435 g/mol. The first-order valence-corrected chi connectivity index (χ1v) is 11.1. The van der Waals surface area contributed by atoms with Gasteiger partial charge in [0.25, 0.3) is 5.91 Å². The first kappa shape index (κ1) is 20.8.